The Bertz CT molecular complexity index is 1170. The van der Waals surface area contributed by atoms with E-state index in [0.29, 0.717) is 0 Å². The number of rotatable bonds is 10. The molecule has 0 aromatic carbocycles. The quantitative estimate of drug-likeness (QED) is 0.188. The smallest absolute Gasteiger partial charge is 0.348 e. The van der Waals surface area contributed by atoms with E-state index in [-0.39, 0.29) is 36.2 Å². The lowest BCUT2D eigenvalue weighted by molar-refractivity contribution is -0.273. The number of aliphatic hydroxyl groups is 2. The van der Waals surface area contributed by atoms with Crippen LogP contribution in [0.3, 0.4) is 0 Å². The van der Waals surface area contributed by atoms with E-state index < -0.39 is 66.5 Å². The number of amides is 2. The van der Waals surface area contributed by atoms with Crippen molar-refractivity contribution in [3.05, 3.63) is 16.8 Å². The number of aliphatic carboxylic acids is 1. The Balaban J connectivity index is 1.49. The molecule has 16 heteroatoms. The number of carbonyl (C=O) groups excluding carboxylic acids is 2. The van der Waals surface area contributed by atoms with Gasteiger partial charge in [-0.15, -0.1) is 0 Å². The lowest BCUT2D eigenvalue weighted by Crippen LogP contribution is -2.50. The first-order chi connectivity index (χ1) is 17.4. The molecular formula is C21H30N6O10. The van der Waals surface area contributed by atoms with Gasteiger partial charge in [-0.3, -0.25) is 15.1 Å². The number of aromatic amines is 2. The van der Waals surface area contributed by atoms with Crippen molar-refractivity contribution in [1.82, 2.24) is 25.3 Å². The summed E-state index contributed by atoms with van der Waals surface area (Å²) in [5.41, 5.74) is -0.512. The van der Waals surface area contributed by atoms with Gasteiger partial charge in [0.05, 0.1) is 24.6 Å². The first-order valence-electron chi connectivity index (χ1n) is 11.5. The van der Waals surface area contributed by atoms with Crippen LogP contribution < -0.4 is 16.3 Å². The number of carbonyl (C=O) groups is 3. The number of H-pyrrole nitrogens is 2. The Hall–Kier alpha value is -3.60. The zero-order chi connectivity index (χ0) is 27.3. The van der Waals surface area contributed by atoms with E-state index in [1.165, 1.54) is 13.3 Å². The molecule has 3 rings (SSSR count). The molecule has 2 aromatic rings. The highest BCUT2D eigenvalue weighted by Gasteiger charge is 2.35. The Labute approximate surface area is 209 Å². The summed E-state index contributed by atoms with van der Waals surface area (Å²) in [6.45, 7) is 4.61. The number of nitrogens with one attached hydrogen (secondary N) is 4. The molecule has 1 aliphatic heterocycles. The largest absolute Gasteiger partial charge is 0.480 e. The molecule has 1 unspecified atom stereocenters. The number of imidazole rings is 1. The maximum Gasteiger partial charge on any atom is 0.348 e. The molecule has 37 heavy (non-hydrogen) atoms. The molecular weight excluding hydrogens is 496 g/mol. The number of esters is 1. The van der Waals surface area contributed by atoms with Crippen molar-refractivity contribution in [1.29, 1.82) is 0 Å². The van der Waals surface area contributed by atoms with Gasteiger partial charge in [0.2, 0.25) is 0 Å². The number of aliphatic hydroxyl groups excluding tert-OH is 2. The number of ether oxygens (including phenoxy) is 3. The van der Waals surface area contributed by atoms with Gasteiger partial charge in [-0.1, -0.05) is 0 Å². The molecule has 204 valence electrons. The first kappa shape index (κ1) is 28.0. The second kappa shape index (κ2) is 12.1. The van der Waals surface area contributed by atoms with E-state index in [1.54, 1.807) is 13.8 Å². The van der Waals surface area contributed by atoms with Crippen molar-refractivity contribution in [3.63, 3.8) is 0 Å². The lowest BCUT2D eigenvalue weighted by atomic mass is 10.0. The van der Waals surface area contributed by atoms with Gasteiger partial charge >= 0.3 is 23.7 Å². The average molecular weight is 527 g/mol. The molecule has 2 amide bonds. The van der Waals surface area contributed by atoms with E-state index in [1.807, 2.05) is 0 Å². The van der Waals surface area contributed by atoms with Gasteiger partial charge in [-0.25, -0.2) is 19.4 Å². The minimum Gasteiger partial charge on any atom is -0.480 e. The van der Waals surface area contributed by atoms with Gasteiger partial charge in [0, 0.05) is 12.8 Å². The van der Waals surface area contributed by atoms with Crippen molar-refractivity contribution in [3.8, 4) is 0 Å². The predicted octanol–water partition coefficient (Wildman–Crippen LogP) is -0.805. The number of urea groups is 1. The summed E-state index contributed by atoms with van der Waals surface area (Å²) in [4.78, 5) is 60.5. The molecule has 2 aromatic heterocycles. The summed E-state index contributed by atoms with van der Waals surface area (Å²) in [5.74, 6) is -2.27. The van der Waals surface area contributed by atoms with Crippen molar-refractivity contribution >= 4 is 35.0 Å². The third kappa shape index (κ3) is 7.45. The monoisotopic (exact) mass is 526 g/mol. The van der Waals surface area contributed by atoms with E-state index in [2.05, 4.69) is 30.6 Å². The summed E-state index contributed by atoms with van der Waals surface area (Å²) in [7, 11) is 0. The molecule has 0 bridgehead atoms. The number of hydrogen-bond donors (Lipinski definition) is 7. The zero-order valence-corrected chi connectivity index (χ0v) is 20.3. The summed E-state index contributed by atoms with van der Waals surface area (Å²) in [5, 5.41) is 33.8. The summed E-state index contributed by atoms with van der Waals surface area (Å²) < 4.78 is 16.2. The maximum atomic E-state index is 12.4. The Morgan fingerprint density at radius 2 is 2.00 bits per heavy atom. The molecule has 1 fully saturated rings. The second-order valence-corrected chi connectivity index (χ2v) is 8.69. The van der Waals surface area contributed by atoms with E-state index in [0.717, 1.165) is 0 Å². The van der Waals surface area contributed by atoms with Crippen LogP contribution in [0.15, 0.2) is 11.1 Å². The number of hydrogen-bond acceptors (Lipinski definition) is 11. The number of anilines is 1. The average Bonchev–Trinajstić information content (AvgIpc) is 3.28. The third-order valence-corrected chi connectivity index (χ3v) is 5.70. The SMILES string of the molecule is CC1O[C@H](O[C@H](C)CCC(=O)O[C@H](C)[C@H](NC(=O)Nc2[nH]c(=O)nc3nc[nH]c23)C(=O)O)[C@H](O)C[C@@H]1O. The highest BCUT2D eigenvalue weighted by Crippen LogP contribution is 2.23. The van der Waals surface area contributed by atoms with Gasteiger partial charge < -0.3 is 39.8 Å². The van der Waals surface area contributed by atoms with Crippen molar-refractivity contribution in [2.75, 3.05) is 5.32 Å². The van der Waals surface area contributed by atoms with Crippen molar-refractivity contribution < 1.29 is 43.9 Å². The first-order valence-corrected chi connectivity index (χ1v) is 11.5. The fourth-order valence-electron chi connectivity index (χ4n) is 3.63. The summed E-state index contributed by atoms with van der Waals surface area (Å²) >= 11 is 0. The summed E-state index contributed by atoms with van der Waals surface area (Å²) in [6.07, 6.45) is -3.68. The molecule has 7 atom stereocenters. The van der Waals surface area contributed by atoms with Gasteiger partial charge in [-0.2, -0.15) is 4.98 Å². The molecule has 7 N–H and O–H groups in total. The topological polar surface area (TPSA) is 238 Å². The normalized spacial score (nSPS) is 24.1. The number of nitrogens with zero attached hydrogens (tertiary/aromatic N) is 2. The molecule has 1 saturated heterocycles. The minimum atomic E-state index is -1.61. The number of carboxylic acids is 1. The number of fused-ring (bicyclic) bond motifs is 1. The van der Waals surface area contributed by atoms with Gasteiger partial charge in [0.25, 0.3) is 0 Å². The number of aromatic nitrogens is 4. The van der Waals surface area contributed by atoms with Crippen LogP contribution in [0.2, 0.25) is 0 Å². The van der Waals surface area contributed by atoms with E-state index in [9.17, 15) is 34.5 Å². The van der Waals surface area contributed by atoms with Crippen molar-refractivity contribution in [2.24, 2.45) is 0 Å². The Kier molecular flexibility index (Phi) is 9.14. The van der Waals surface area contributed by atoms with Crippen LogP contribution in [0, 0.1) is 0 Å². The van der Waals surface area contributed by atoms with Crippen molar-refractivity contribution in [2.45, 2.75) is 82.9 Å². The Morgan fingerprint density at radius 1 is 1.27 bits per heavy atom. The van der Waals surface area contributed by atoms with Crippen LogP contribution in [0.25, 0.3) is 11.2 Å². The van der Waals surface area contributed by atoms with Crippen LogP contribution >= 0.6 is 0 Å². The lowest BCUT2D eigenvalue weighted by Gasteiger charge is -2.36. The third-order valence-electron chi connectivity index (χ3n) is 5.70. The zero-order valence-electron chi connectivity index (χ0n) is 20.3. The molecule has 0 saturated carbocycles. The van der Waals surface area contributed by atoms with Gasteiger partial charge in [0.15, 0.2) is 18.0 Å². The predicted molar refractivity (Wildman–Crippen MR) is 124 cm³/mol. The maximum absolute atomic E-state index is 12.4. The van der Waals surface area contributed by atoms with Gasteiger partial charge in [0.1, 0.15) is 23.5 Å². The fourth-order valence-corrected chi connectivity index (χ4v) is 3.63. The highest BCUT2D eigenvalue weighted by atomic mass is 16.7. The van der Waals surface area contributed by atoms with Crippen LogP contribution in [-0.2, 0) is 23.8 Å². The van der Waals surface area contributed by atoms with Crippen LogP contribution in [0.4, 0.5) is 10.6 Å². The summed E-state index contributed by atoms with van der Waals surface area (Å²) in [6, 6.07) is -2.59. The molecule has 3 heterocycles. The van der Waals surface area contributed by atoms with Crippen LogP contribution in [-0.4, -0.2) is 96.1 Å². The fraction of sp³-hybridized carbons (Fsp3) is 0.619. The molecule has 0 radical (unpaired) electrons. The molecule has 0 aliphatic carbocycles. The Morgan fingerprint density at radius 3 is 2.70 bits per heavy atom. The standard InChI is InChI=1S/C21H30N6O10/c1-8(35-19-12(29)6-11(28)9(2)37-19)4-5-13(30)36-10(3)14(18(31)32)24-20(33)26-17-15-16(23-7-22-15)25-21(34)27-17/h7-12,14,19,28-29H,4-6H2,1-3H3,(H,31,32)(H4,22,23,24,25,26,27,33,34)/t8-,9?,10-,11+,12-,14+,19+/m1/s1. The number of carboxylic acid groups (broad SMARTS) is 1. The van der Waals surface area contributed by atoms with Crippen LogP contribution in [0.1, 0.15) is 40.0 Å². The molecule has 16 nitrogen and oxygen atoms in total. The molecule has 1 aliphatic rings. The van der Waals surface area contributed by atoms with Crippen LogP contribution in [0.5, 0.6) is 0 Å². The van der Waals surface area contributed by atoms with Gasteiger partial charge in [-0.05, 0) is 27.2 Å². The van der Waals surface area contributed by atoms with E-state index in [4.69, 9.17) is 14.2 Å². The molecule has 0 spiro atoms. The highest BCUT2D eigenvalue weighted by molar-refractivity contribution is 5.97. The minimum absolute atomic E-state index is 0.0472. The van der Waals surface area contributed by atoms with E-state index >= 15 is 0 Å². The second-order valence-electron chi connectivity index (χ2n) is 8.69.